The van der Waals surface area contributed by atoms with E-state index in [4.69, 9.17) is 9.84 Å². The summed E-state index contributed by atoms with van der Waals surface area (Å²) in [7, 11) is 0. The molecule has 192 valence electrons. The van der Waals surface area contributed by atoms with Gasteiger partial charge in [-0.1, -0.05) is 38.5 Å². The minimum Gasteiger partial charge on any atom is -0.491 e. The molecule has 3 aliphatic heterocycles. The number of carboxylic acids is 1. The predicted molar refractivity (Wildman–Crippen MR) is 133 cm³/mol. The summed E-state index contributed by atoms with van der Waals surface area (Å²) in [5.74, 6) is 0.303. The maximum Gasteiger partial charge on any atom is 0.303 e. The monoisotopic (exact) mass is 484 g/mol. The van der Waals surface area contributed by atoms with Gasteiger partial charge in [-0.2, -0.15) is 0 Å². The Bertz CT molecular complexity index is 935. The van der Waals surface area contributed by atoms with Crippen LogP contribution in [0.2, 0.25) is 0 Å². The zero-order chi connectivity index (χ0) is 25.1. The van der Waals surface area contributed by atoms with Crippen molar-refractivity contribution in [2.75, 3.05) is 26.2 Å². The molecule has 1 aromatic carbocycles. The largest absolute Gasteiger partial charge is 0.491 e. The van der Waals surface area contributed by atoms with Crippen LogP contribution < -0.4 is 4.74 Å². The Morgan fingerprint density at radius 3 is 2.54 bits per heavy atom. The molecule has 0 bridgehead atoms. The summed E-state index contributed by atoms with van der Waals surface area (Å²) in [4.78, 5) is 42.0. The molecule has 1 atom stereocenters. The van der Waals surface area contributed by atoms with Gasteiger partial charge in [-0.05, 0) is 62.0 Å². The maximum absolute atomic E-state index is 14.0. The maximum atomic E-state index is 14.0. The summed E-state index contributed by atoms with van der Waals surface area (Å²) in [6, 6.07) is 8.35. The molecule has 0 saturated carbocycles. The fourth-order valence-corrected chi connectivity index (χ4v) is 6.14. The molecule has 3 heterocycles. The standard InChI is InChI=1S/C28H40N2O5/c1-27(2,19-25(32)33)18-24(31)29-16-13-28(14-17-29)12-6-5-9-21-8-3-4-11-23(21)35-20-22-10-7-15-30(22)26(28)34/h3-4,8,11,22H,5-7,9-10,12-20H2,1-2H3,(H,32,33)/t22-/m1/s1. The van der Waals surface area contributed by atoms with Crippen LogP contribution >= 0.6 is 0 Å². The van der Waals surface area contributed by atoms with Crippen LogP contribution in [-0.4, -0.2) is 65.0 Å². The second-order valence-electron chi connectivity index (χ2n) is 11.5. The Labute approximate surface area is 208 Å². The number of rotatable bonds is 4. The van der Waals surface area contributed by atoms with Gasteiger partial charge in [-0.3, -0.25) is 14.4 Å². The zero-order valence-electron chi connectivity index (χ0n) is 21.3. The summed E-state index contributed by atoms with van der Waals surface area (Å²) in [6.07, 6.45) is 7.27. The van der Waals surface area contributed by atoms with Gasteiger partial charge in [0.25, 0.3) is 0 Å². The van der Waals surface area contributed by atoms with E-state index >= 15 is 0 Å². The normalized spacial score (nSPS) is 23.0. The first kappa shape index (κ1) is 25.5. The molecule has 3 aliphatic rings. The SMILES string of the molecule is CC(C)(CC(=O)O)CC(=O)N1CCC2(CCCCc3ccccc3OC[C@H]3CCCN3C2=O)CC1. The number of piperidine rings is 1. The molecule has 2 amide bonds. The number of hydrogen-bond acceptors (Lipinski definition) is 4. The molecule has 1 spiro atoms. The average molecular weight is 485 g/mol. The van der Waals surface area contributed by atoms with Crippen molar-refractivity contribution in [1.29, 1.82) is 0 Å². The first-order chi connectivity index (χ1) is 16.7. The number of aryl methyl sites for hydroxylation is 1. The van der Waals surface area contributed by atoms with Crippen molar-refractivity contribution in [2.45, 2.75) is 84.1 Å². The van der Waals surface area contributed by atoms with Crippen molar-refractivity contribution in [3.8, 4) is 5.75 Å². The van der Waals surface area contributed by atoms with Crippen molar-refractivity contribution in [3.05, 3.63) is 29.8 Å². The number of fused-ring (bicyclic) bond motifs is 2. The molecule has 0 unspecified atom stereocenters. The van der Waals surface area contributed by atoms with E-state index < -0.39 is 16.8 Å². The van der Waals surface area contributed by atoms with Crippen LogP contribution in [0.3, 0.4) is 0 Å². The second kappa shape index (κ2) is 10.6. The van der Waals surface area contributed by atoms with Crippen LogP contribution in [0.1, 0.15) is 77.2 Å². The van der Waals surface area contributed by atoms with E-state index in [1.54, 1.807) is 0 Å². The third kappa shape index (κ3) is 5.99. The summed E-state index contributed by atoms with van der Waals surface area (Å²) in [5, 5.41) is 9.15. The molecular weight excluding hydrogens is 444 g/mol. The second-order valence-corrected chi connectivity index (χ2v) is 11.5. The summed E-state index contributed by atoms with van der Waals surface area (Å²) in [6.45, 7) is 6.09. The van der Waals surface area contributed by atoms with Gasteiger partial charge in [-0.15, -0.1) is 0 Å². The molecular formula is C28H40N2O5. The Balaban J connectivity index is 1.46. The minimum atomic E-state index is -0.883. The number of para-hydroxylation sites is 1. The number of aliphatic carboxylic acids is 1. The molecule has 0 aliphatic carbocycles. The molecule has 35 heavy (non-hydrogen) atoms. The highest BCUT2D eigenvalue weighted by molar-refractivity contribution is 5.84. The quantitative estimate of drug-likeness (QED) is 0.689. The fraction of sp³-hybridized carbons (Fsp3) is 0.679. The minimum absolute atomic E-state index is 0.00393. The predicted octanol–water partition coefficient (Wildman–Crippen LogP) is 4.28. The van der Waals surface area contributed by atoms with Crippen molar-refractivity contribution in [3.63, 3.8) is 0 Å². The first-order valence-electron chi connectivity index (χ1n) is 13.2. The zero-order valence-corrected chi connectivity index (χ0v) is 21.3. The molecule has 1 N–H and O–H groups in total. The van der Waals surface area contributed by atoms with E-state index in [1.807, 2.05) is 30.9 Å². The van der Waals surface area contributed by atoms with Gasteiger partial charge < -0.3 is 19.6 Å². The van der Waals surface area contributed by atoms with E-state index in [1.165, 1.54) is 5.56 Å². The lowest BCUT2D eigenvalue weighted by Crippen LogP contribution is -2.53. The molecule has 7 heteroatoms. The summed E-state index contributed by atoms with van der Waals surface area (Å²) < 4.78 is 6.23. The number of ether oxygens (including phenoxy) is 1. The van der Waals surface area contributed by atoms with Crippen molar-refractivity contribution in [1.82, 2.24) is 9.80 Å². The number of carbonyl (C=O) groups is 3. The fourth-order valence-electron chi connectivity index (χ4n) is 6.14. The van der Waals surface area contributed by atoms with Gasteiger partial charge in [0.05, 0.1) is 17.9 Å². The molecule has 7 nitrogen and oxygen atoms in total. The molecule has 0 aromatic heterocycles. The Morgan fingerprint density at radius 2 is 1.80 bits per heavy atom. The smallest absolute Gasteiger partial charge is 0.303 e. The van der Waals surface area contributed by atoms with Gasteiger partial charge in [0.2, 0.25) is 11.8 Å². The van der Waals surface area contributed by atoms with E-state index in [0.29, 0.717) is 32.5 Å². The highest BCUT2D eigenvalue weighted by Gasteiger charge is 2.46. The van der Waals surface area contributed by atoms with Gasteiger partial charge >= 0.3 is 5.97 Å². The summed E-state index contributed by atoms with van der Waals surface area (Å²) >= 11 is 0. The third-order valence-electron chi connectivity index (χ3n) is 8.18. The van der Waals surface area contributed by atoms with Crippen LogP contribution in [0.15, 0.2) is 24.3 Å². The Morgan fingerprint density at radius 1 is 1.06 bits per heavy atom. The van der Waals surface area contributed by atoms with Crippen LogP contribution in [0.4, 0.5) is 0 Å². The van der Waals surface area contributed by atoms with E-state index in [-0.39, 0.29) is 30.7 Å². The van der Waals surface area contributed by atoms with Crippen LogP contribution in [0, 0.1) is 10.8 Å². The first-order valence-corrected chi connectivity index (χ1v) is 13.2. The van der Waals surface area contributed by atoms with Crippen LogP contribution in [0.25, 0.3) is 0 Å². The van der Waals surface area contributed by atoms with Crippen molar-refractivity contribution in [2.24, 2.45) is 10.8 Å². The molecule has 1 aromatic rings. The van der Waals surface area contributed by atoms with E-state index in [9.17, 15) is 14.4 Å². The average Bonchev–Trinajstić information content (AvgIpc) is 3.27. The van der Waals surface area contributed by atoms with Crippen LogP contribution in [0.5, 0.6) is 5.75 Å². The van der Waals surface area contributed by atoms with E-state index in [2.05, 4.69) is 17.0 Å². The lowest BCUT2D eigenvalue weighted by atomic mass is 9.72. The highest BCUT2D eigenvalue weighted by atomic mass is 16.5. The van der Waals surface area contributed by atoms with E-state index in [0.717, 1.165) is 50.8 Å². The van der Waals surface area contributed by atoms with Gasteiger partial charge in [0.15, 0.2) is 0 Å². The summed E-state index contributed by atoms with van der Waals surface area (Å²) in [5.41, 5.74) is 0.233. The van der Waals surface area contributed by atoms with Gasteiger partial charge in [0, 0.05) is 26.1 Å². The molecule has 4 rings (SSSR count). The molecule has 2 saturated heterocycles. The number of amides is 2. The van der Waals surface area contributed by atoms with Gasteiger partial charge in [-0.25, -0.2) is 0 Å². The lowest BCUT2D eigenvalue weighted by Gasteiger charge is -2.44. The number of likely N-dealkylation sites (tertiary alicyclic amines) is 1. The number of carboxylic acid groups (broad SMARTS) is 1. The number of benzene rings is 1. The third-order valence-corrected chi connectivity index (χ3v) is 8.18. The number of hydrogen-bond donors (Lipinski definition) is 1. The highest BCUT2D eigenvalue weighted by Crippen LogP contribution is 2.41. The Hall–Kier alpha value is -2.57. The lowest BCUT2D eigenvalue weighted by molar-refractivity contribution is -0.151. The van der Waals surface area contributed by atoms with Crippen molar-refractivity contribution < 1.29 is 24.2 Å². The Kier molecular flexibility index (Phi) is 7.72. The number of nitrogens with zero attached hydrogens (tertiary/aromatic N) is 2. The molecule has 2 fully saturated rings. The molecule has 0 radical (unpaired) electrons. The van der Waals surface area contributed by atoms with Crippen molar-refractivity contribution >= 4 is 17.8 Å². The number of carbonyl (C=O) groups excluding carboxylic acids is 2. The van der Waals surface area contributed by atoms with Crippen LogP contribution in [-0.2, 0) is 20.8 Å². The topological polar surface area (TPSA) is 87.2 Å². The van der Waals surface area contributed by atoms with Gasteiger partial charge in [0.1, 0.15) is 12.4 Å².